The Morgan fingerprint density at radius 1 is 0.750 bits per heavy atom. The zero-order chi connectivity index (χ0) is 15.2. The van der Waals surface area contributed by atoms with Crippen molar-refractivity contribution in [3.8, 4) is 0 Å². The lowest BCUT2D eigenvalue weighted by Gasteiger charge is -2.15. The zero-order valence-electron chi connectivity index (χ0n) is 13.7. The summed E-state index contributed by atoms with van der Waals surface area (Å²) in [5, 5.41) is 0. The highest BCUT2D eigenvalue weighted by atomic mass is 16.7. The van der Waals surface area contributed by atoms with Crippen LogP contribution in [0.1, 0.15) is 53.4 Å². The smallest absolute Gasteiger partial charge is 0.147 e. The molecule has 4 heteroatoms. The van der Waals surface area contributed by atoms with Gasteiger partial charge in [0.1, 0.15) is 13.6 Å². The third kappa shape index (κ3) is 10.4. The van der Waals surface area contributed by atoms with Gasteiger partial charge in [0.15, 0.2) is 0 Å². The van der Waals surface area contributed by atoms with Gasteiger partial charge in [-0.1, -0.05) is 34.3 Å². The van der Waals surface area contributed by atoms with Gasteiger partial charge in [0, 0.05) is 0 Å². The van der Waals surface area contributed by atoms with Crippen molar-refractivity contribution in [1.29, 1.82) is 0 Å². The van der Waals surface area contributed by atoms with Crippen molar-refractivity contribution >= 4 is 0 Å². The molecule has 0 aliphatic carbocycles. The summed E-state index contributed by atoms with van der Waals surface area (Å²) in [6, 6.07) is 0. The fourth-order valence-corrected chi connectivity index (χ4v) is 1.75. The topological polar surface area (TPSA) is 36.9 Å². The molecule has 0 heterocycles. The van der Waals surface area contributed by atoms with E-state index in [1.165, 1.54) is 0 Å². The highest BCUT2D eigenvalue weighted by Gasteiger charge is 2.04. The Balaban J connectivity index is 3.45. The first-order valence-corrected chi connectivity index (χ1v) is 7.73. The van der Waals surface area contributed by atoms with Crippen LogP contribution in [0.25, 0.3) is 0 Å². The van der Waals surface area contributed by atoms with Crippen LogP contribution in [0.4, 0.5) is 0 Å². The highest BCUT2D eigenvalue weighted by molar-refractivity contribution is 4.93. The molecular formula is C16H32O4. The number of rotatable bonds is 14. The Labute approximate surface area is 124 Å². The molecule has 0 saturated heterocycles. The Morgan fingerprint density at radius 3 is 1.40 bits per heavy atom. The second-order valence-electron chi connectivity index (χ2n) is 4.89. The van der Waals surface area contributed by atoms with Crippen molar-refractivity contribution in [3.63, 3.8) is 0 Å². The quantitative estimate of drug-likeness (QED) is 0.276. The largest absolute Gasteiger partial charge is 0.352 e. The van der Waals surface area contributed by atoms with E-state index >= 15 is 0 Å². The SMILES string of the molecule is C=C(COCOC(CC)CC)COCOC(CC)CC. The van der Waals surface area contributed by atoms with E-state index < -0.39 is 0 Å². The minimum absolute atomic E-state index is 0.285. The van der Waals surface area contributed by atoms with Crippen LogP contribution in [0.3, 0.4) is 0 Å². The highest BCUT2D eigenvalue weighted by Crippen LogP contribution is 2.04. The average Bonchev–Trinajstić information content (AvgIpc) is 2.47. The lowest BCUT2D eigenvalue weighted by Crippen LogP contribution is -2.16. The molecule has 0 aromatic carbocycles. The zero-order valence-corrected chi connectivity index (χ0v) is 13.7. The fourth-order valence-electron chi connectivity index (χ4n) is 1.75. The second-order valence-corrected chi connectivity index (χ2v) is 4.89. The van der Waals surface area contributed by atoms with Crippen LogP contribution in [0.5, 0.6) is 0 Å². The van der Waals surface area contributed by atoms with Gasteiger partial charge in [0.25, 0.3) is 0 Å². The summed E-state index contributed by atoms with van der Waals surface area (Å²) in [6.45, 7) is 13.9. The normalized spacial score (nSPS) is 11.5. The molecule has 0 spiro atoms. The summed E-state index contributed by atoms with van der Waals surface area (Å²) < 4.78 is 21.9. The molecule has 0 aromatic heterocycles. The van der Waals surface area contributed by atoms with Crippen LogP contribution >= 0.6 is 0 Å². The third-order valence-electron chi connectivity index (χ3n) is 3.21. The summed E-state index contributed by atoms with van der Waals surface area (Å²) in [6.07, 6.45) is 4.62. The molecule has 0 bridgehead atoms. The van der Waals surface area contributed by atoms with Crippen molar-refractivity contribution < 1.29 is 18.9 Å². The first-order valence-electron chi connectivity index (χ1n) is 7.73. The lowest BCUT2D eigenvalue weighted by molar-refractivity contribution is -0.0969. The van der Waals surface area contributed by atoms with Crippen LogP contribution in [0, 0.1) is 0 Å². The van der Waals surface area contributed by atoms with Gasteiger partial charge in [0.2, 0.25) is 0 Å². The minimum atomic E-state index is 0.285. The molecule has 0 aliphatic heterocycles. The van der Waals surface area contributed by atoms with Crippen molar-refractivity contribution in [3.05, 3.63) is 12.2 Å². The third-order valence-corrected chi connectivity index (χ3v) is 3.21. The van der Waals surface area contributed by atoms with Crippen LogP contribution in [-0.2, 0) is 18.9 Å². The summed E-state index contributed by atoms with van der Waals surface area (Å²) in [5.74, 6) is 0. The van der Waals surface area contributed by atoms with Crippen LogP contribution in [0.15, 0.2) is 12.2 Å². The maximum absolute atomic E-state index is 5.55. The molecule has 0 fully saturated rings. The molecule has 0 atom stereocenters. The predicted octanol–water partition coefficient (Wildman–Crippen LogP) is 3.90. The molecule has 0 saturated carbocycles. The molecule has 120 valence electrons. The molecule has 0 amide bonds. The Bertz CT molecular complexity index is 201. The Morgan fingerprint density at radius 2 is 1.10 bits per heavy atom. The van der Waals surface area contributed by atoms with E-state index in [1.807, 2.05) is 0 Å². The van der Waals surface area contributed by atoms with E-state index in [2.05, 4.69) is 34.3 Å². The monoisotopic (exact) mass is 288 g/mol. The number of ether oxygens (including phenoxy) is 4. The molecule has 0 aliphatic rings. The molecule has 0 aromatic rings. The molecule has 20 heavy (non-hydrogen) atoms. The van der Waals surface area contributed by atoms with Gasteiger partial charge < -0.3 is 18.9 Å². The summed E-state index contributed by atoms with van der Waals surface area (Å²) >= 11 is 0. The van der Waals surface area contributed by atoms with Crippen molar-refractivity contribution in [2.24, 2.45) is 0 Å². The number of hydrogen-bond donors (Lipinski definition) is 0. The standard InChI is InChI=1S/C16H32O4/c1-6-15(7-2)19-12-17-10-14(5)11-18-13-20-16(8-3)9-4/h15-16H,5-13H2,1-4H3. The predicted molar refractivity (Wildman–Crippen MR) is 81.7 cm³/mol. The van der Waals surface area contributed by atoms with E-state index in [1.54, 1.807) is 0 Å². The maximum atomic E-state index is 5.55. The van der Waals surface area contributed by atoms with E-state index in [0.29, 0.717) is 26.8 Å². The van der Waals surface area contributed by atoms with Gasteiger partial charge >= 0.3 is 0 Å². The summed E-state index contributed by atoms with van der Waals surface area (Å²) in [7, 11) is 0. The molecule has 0 radical (unpaired) electrons. The van der Waals surface area contributed by atoms with Gasteiger partial charge in [0.05, 0.1) is 25.4 Å². The fraction of sp³-hybridized carbons (Fsp3) is 0.875. The first-order chi connectivity index (χ1) is 9.67. The lowest BCUT2D eigenvalue weighted by atomic mass is 10.2. The Kier molecular flexibility index (Phi) is 13.3. The van der Waals surface area contributed by atoms with E-state index in [9.17, 15) is 0 Å². The summed E-state index contributed by atoms with van der Waals surface area (Å²) in [4.78, 5) is 0. The second kappa shape index (κ2) is 13.6. The summed E-state index contributed by atoms with van der Waals surface area (Å²) in [5.41, 5.74) is 0.895. The maximum Gasteiger partial charge on any atom is 0.147 e. The molecule has 4 nitrogen and oxygen atoms in total. The van der Waals surface area contributed by atoms with Crippen LogP contribution in [0.2, 0.25) is 0 Å². The first kappa shape index (κ1) is 19.6. The van der Waals surface area contributed by atoms with Crippen molar-refractivity contribution in [1.82, 2.24) is 0 Å². The van der Waals surface area contributed by atoms with E-state index in [0.717, 1.165) is 31.3 Å². The molecule has 0 N–H and O–H groups in total. The molecule has 0 rings (SSSR count). The minimum Gasteiger partial charge on any atom is -0.352 e. The van der Waals surface area contributed by atoms with Crippen LogP contribution in [-0.4, -0.2) is 39.0 Å². The van der Waals surface area contributed by atoms with Gasteiger partial charge in [-0.25, -0.2) is 0 Å². The van der Waals surface area contributed by atoms with Crippen molar-refractivity contribution in [2.45, 2.75) is 65.6 Å². The van der Waals surface area contributed by atoms with Gasteiger partial charge in [-0.15, -0.1) is 0 Å². The van der Waals surface area contributed by atoms with E-state index in [4.69, 9.17) is 18.9 Å². The molecule has 0 unspecified atom stereocenters. The van der Waals surface area contributed by atoms with Gasteiger partial charge in [-0.05, 0) is 31.3 Å². The average molecular weight is 288 g/mol. The van der Waals surface area contributed by atoms with Crippen molar-refractivity contribution in [2.75, 3.05) is 26.8 Å². The Hall–Kier alpha value is -0.420. The van der Waals surface area contributed by atoms with Gasteiger partial charge in [-0.2, -0.15) is 0 Å². The molecular weight excluding hydrogens is 256 g/mol. The van der Waals surface area contributed by atoms with E-state index in [-0.39, 0.29) is 12.2 Å². The van der Waals surface area contributed by atoms with Gasteiger partial charge in [-0.3, -0.25) is 0 Å². The van der Waals surface area contributed by atoms with Crippen LogP contribution < -0.4 is 0 Å². The number of hydrogen-bond acceptors (Lipinski definition) is 4.